The third kappa shape index (κ3) is 3.07. The maximum Gasteiger partial charge on any atom is 0.223 e. The Morgan fingerprint density at radius 2 is 1.82 bits per heavy atom. The molecule has 28 heavy (non-hydrogen) atoms. The number of anilines is 2. The van der Waals surface area contributed by atoms with Crippen LogP contribution in [-0.2, 0) is 6.54 Å². The normalized spacial score (nSPS) is 15.4. The highest BCUT2D eigenvalue weighted by Gasteiger charge is 2.20. The van der Waals surface area contributed by atoms with Crippen molar-refractivity contribution in [3.63, 3.8) is 0 Å². The van der Waals surface area contributed by atoms with E-state index in [9.17, 15) is 0 Å². The number of fused-ring (bicyclic) bond motifs is 1. The van der Waals surface area contributed by atoms with E-state index in [2.05, 4.69) is 55.2 Å². The van der Waals surface area contributed by atoms with Crippen LogP contribution in [0.15, 0.2) is 59.3 Å². The Kier molecular flexibility index (Phi) is 4.17. The lowest BCUT2D eigenvalue weighted by molar-refractivity contribution is 0.250. The molecule has 1 aliphatic rings. The number of furan rings is 1. The summed E-state index contributed by atoms with van der Waals surface area (Å²) in [4.78, 5) is 13.8. The summed E-state index contributed by atoms with van der Waals surface area (Å²) in [6.45, 7) is 4.70. The SMILES string of the molecule is Nc1ncc(CN2CCN(c3ccccc3)CC2)c2nc(-c3ccco3)nn12. The third-order valence-electron chi connectivity index (χ3n) is 5.09. The first kappa shape index (κ1) is 16.8. The van der Waals surface area contributed by atoms with E-state index in [1.165, 1.54) is 5.69 Å². The van der Waals surface area contributed by atoms with Crippen LogP contribution in [0.25, 0.3) is 17.2 Å². The first-order valence-electron chi connectivity index (χ1n) is 9.34. The van der Waals surface area contributed by atoms with Crippen LogP contribution in [0.5, 0.6) is 0 Å². The van der Waals surface area contributed by atoms with Gasteiger partial charge in [-0.05, 0) is 24.3 Å². The number of nitrogen functional groups attached to an aromatic ring is 1. The molecule has 5 rings (SSSR count). The number of benzene rings is 1. The molecule has 0 amide bonds. The monoisotopic (exact) mass is 375 g/mol. The van der Waals surface area contributed by atoms with Crippen molar-refractivity contribution < 1.29 is 4.42 Å². The fraction of sp³-hybridized carbons (Fsp3) is 0.250. The zero-order valence-electron chi connectivity index (χ0n) is 15.4. The van der Waals surface area contributed by atoms with E-state index >= 15 is 0 Å². The van der Waals surface area contributed by atoms with Gasteiger partial charge in [0.25, 0.3) is 0 Å². The van der Waals surface area contributed by atoms with Gasteiger partial charge in [-0.1, -0.05) is 18.2 Å². The molecule has 1 saturated heterocycles. The average Bonchev–Trinajstić information content (AvgIpc) is 3.42. The van der Waals surface area contributed by atoms with Crippen LogP contribution < -0.4 is 10.6 Å². The molecule has 0 aliphatic carbocycles. The van der Waals surface area contributed by atoms with Crippen LogP contribution in [0.2, 0.25) is 0 Å². The second-order valence-electron chi connectivity index (χ2n) is 6.89. The smallest absolute Gasteiger partial charge is 0.223 e. The number of nitrogens with two attached hydrogens (primary N) is 1. The summed E-state index contributed by atoms with van der Waals surface area (Å²) < 4.78 is 7.01. The van der Waals surface area contributed by atoms with Crippen molar-refractivity contribution in [3.05, 3.63) is 60.5 Å². The number of piperazine rings is 1. The van der Waals surface area contributed by atoms with E-state index < -0.39 is 0 Å². The molecule has 0 radical (unpaired) electrons. The van der Waals surface area contributed by atoms with Gasteiger partial charge in [0.1, 0.15) is 0 Å². The molecule has 2 N–H and O–H groups in total. The van der Waals surface area contributed by atoms with Crippen molar-refractivity contribution in [2.45, 2.75) is 6.54 Å². The van der Waals surface area contributed by atoms with Gasteiger partial charge in [0, 0.05) is 50.2 Å². The molecule has 0 spiro atoms. The quantitative estimate of drug-likeness (QED) is 0.585. The summed E-state index contributed by atoms with van der Waals surface area (Å²) in [7, 11) is 0. The van der Waals surface area contributed by atoms with Gasteiger partial charge in [-0.2, -0.15) is 4.52 Å². The Balaban J connectivity index is 1.35. The number of aromatic nitrogens is 4. The van der Waals surface area contributed by atoms with Crippen LogP contribution >= 0.6 is 0 Å². The largest absolute Gasteiger partial charge is 0.461 e. The number of hydrogen-bond donors (Lipinski definition) is 1. The first-order chi connectivity index (χ1) is 13.8. The molecule has 0 bridgehead atoms. The molecule has 0 atom stereocenters. The van der Waals surface area contributed by atoms with Crippen LogP contribution in [-0.4, -0.2) is 50.7 Å². The number of para-hydroxylation sites is 1. The molecule has 1 fully saturated rings. The molecule has 4 heterocycles. The van der Waals surface area contributed by atoms with E-state index in [1.807, 2.05) is 12.1 Å². The number of rotatable bonds is 4. The fourth-order valence-electron chi connectivity index (χ4n) is 3.60. The average molecular weight is 375 g/mol. The summed E-state index contributed by atoms with van der Waals surface area (Å²) in [5, 5.41) is 4.46. The third-order valence-corrected chi connectivity index (χ3v) is 5.09. The number of hydrogen-bond acceptors (Lipinski definition) is 7. The molecular weight excluding hydrogens is 354 g/mol. The minimum Gasteiger partial charge on any atom is -0.461 e. The van der Waals surface area contributed by atoms with Crippen molar-refractivity contribution in [1.29, 1.82) is 0 Å². The zero-order chi connectivity index (χ0) is 18.9. The van der Waals surface area contributed by atoms with Gasteiger partial charge < -0.3 is 15.1 Å². The van der Waals surface area contributed by atoms with E-state index in [1.54, 1.807) is 17.0 Å². The van der Waals surface area contributed by atoms with Gasteiger partial charge in [0.2, 0.25) is 11.8 Å². The summed E-state index contributed by atoms with van der Waals surface area (Å²) >= 11 is 0. The minimum atomic E-state index is 0.318. The molecule has 1 aromatic carbocycles. The summed E-state index contributed by atoms with van der Waals surface area (Å²) in [6.07, 6.45) is 3.41. The van der Waals surface area contributed by atoms with Crippen molar-refractivity contribution >= 4 is 17.3 Å². The highest BCUT2D eigenvalue weighted by molar-refractivity contribution is 5.57. The van der Waals surface area contributed by atoms with Crippen molar-refractivity contribution in [1.82, 2.24) is 24.5 Å². The minimum absolute atomic E-state index is 0.318. The van der Waals surface area contributed by atoms with Crippen LogP contribution in [0.3, 0.4) is 0 Å². The molecule has 8 nitrogen and oxygen atoms in total. The molecule has 8 heteroatoms. The maximum absolute atomic E-state index is 6.01. The Bertz CT molecular complexity index is 1070. The number of nitrogens with zero attached hydrogens (tertiary/aromatic N) is 6. The summed E-state index contributed by atoms with van der Waals surface area (Å²) in [6, 6.07) is 14.2. The molecule has 4 aromatic rings. The van der Waals surface area contributed by atoms with Gasteiger partial charge in [-0.3, -0.25) is 4.90 Å². The highest BCUT2D eigenvalue weighted by Crippen LogP contribution is 2.21. The van der Waals surface area contributed by atoms with Crippen LogP contribution in [0.1, 0.15) is 5.56 Å². The van der Waals surface area contributed by atoms with Crippen molar-refractivity contribution in [2.24, 2.45) is 0 Å². The molecule has 0 unspecified atom stereocenters. The Morgan fingerprint density at radius 3 is 2.57 bits per heavy atom. The van der Waals surface area contributed by atoms with E-state index in [4.69, 9.17) is 10.2 Å². The second kappa shape index (κ2) is 6.97. The molecule has 3 aromatic heterocycles. The molecule has 1 aliphatic heterocycles. The lowest BCUT2D eigenvalue weighted by Gasteiger charge is -2.36. The van der Waals surface area contributed by atoms with E-state index in [0.717, 1.165) is 43.9 Å². The maximum atomic E-state index is 6.01. The lowest BCUT2D eigenvalue weighted by Crippen LogP contribution is -2.46. The predicted molar refractivity (Wildman–Crippen MR) is 107 cm³/mol. The highest BCUT2D eigenvalue weighted by atomic mass is 16.3. The first-order valence-corrected chi connectivity index (χ1v) is 9.34. The topological polar surface area (TPSA) is 88.7 Å². The van der Waals surface area contributed by atoms with Crippen LogP contribution in [0.4, 0.5) is 11.6 Å². The van der Waals surface area contributed by atoms with Crippen LogP contribution in [0, 0.1) is 0 Å². The molecular formula is C20H21N7O. The Hall–Kier alpha value is -3.39. The molecule has 142 valence electrons. The van der Waals surface area contributed by atoms with E-state index in [0.29, 0.717) is 17.5 Å². The predicted octanol–water partition coefficient (Wildman–Crippen LogP) is 2.29. The van der Waals surface area contributed by atoms with Gasteiger partial charge in [-0.25, -0.2) is 9.97 Å². The van der Waals surface area contributed by atoms with Gasteiger partial charge in [-0.15, -0.1) is 5.10 Å². The summed E-state index contributed by atoms with van der Waals surface area (Å²) in [5.41, 5.74) is 9.02. The van der Waals surface area contributed by atoms with Gasteiger partial charge in [0.15, 0.2) is 11.4 Å². The fourth-order valence-corrected chi connectivity index (χ4v) is 3.60. The summed E-state index contributed by atoms with van der Waals surface area (Å²) in [5.74, 6) is 1.45. The standard InChI is InChI=1S/C20H21N7O/c21-20-22-13-15(19-23-18(24-27(19)20)17-7-4-12-28-17)14-25-8-10-26(11-9-25)16-5-2-1-3-6-16/h1-7,12-13H,8-11,14H2,(H2,21,22). The van der Waals surface area contributed by atoms with Gasteiger partial charge >= 0.3 is 0 Å². The van der Waals surface area contributed by atoms with Crippen molar-refractivity contribution in [2.75, 3.05) is 36.8 Å². The van der Waals surface area contributed by atoms with Crippen molar-refractivity contribution in [3.8, 4) is 11.6 Å². The van der Waals surface area contributed by atoms with Gasteiger partial charge in [0.05, 0.1) is 6.26 Å². The second-order valence-corrected chi connectivity index (χ2v) is 6.89. The Morgan fingerprint density at radius 1 is 1.00 bits per heavy atom. The lowest BCUT2D eigenvalue weighted by atomic mass is 10.2. The van der Waals surface area contributed by atoms with E-state index in [-0.39, 0.29) is 0 Å². The Labute approximate surface area is 162 Å². The molecule has 0 saturated carbocycles. The zero-order valence-corrected chi connectivity index (χ0v) is 15.4.